The van der Waals surface area contributed by atoms with Crippen LogP contribution in [-0.2, 0) is 13.1 Å². The summed E-state index contributed by atoms with van der Waals surface area (Å²) in [5.74, 6) is -0.115. The Hall–Kier alpha value is -1.56. The number of rotatable bonds is 4. The molecule has 1 aromatic carbocycles. The molecule has 0 N–H and O–H groups in total. The molecule has 2 heterocycles. The molecule has 0 radical (unpaired) electrons. The monoisotopic (exact) mass is 367 g/mol. The van der Waals surface area contributed by atoms with Gasteiger partial charge in [0, 0.05) is 23.7 Å². The van der Waals surface area contributed by atoms with Gasteiger partial charge in [-0.1, -0.05) is 41.4 Å². The number of hydrogen-bond donors (Lipinski definition) is 0. The zero-order valence-corrected chi connectivity index (χ0v) is 15.0. The zero-order valence-electron chi connectivity index (χ0n) is 12.7. The summed E-state index contributed by atoms with van der Waals surface area (Å²) in [5.41, 5.74) is 0.822. The molecule has 2 aromatic heterocycles. The first-order valence-corrected chi connectivity index (χ1v) is 8.72. The van der Waals surface area contributed by atoms with Crippen LogP contribution in [0.3, 0.4) is 0 Å². The summed E-state index contributed by atoms with van der Waals surface area (Å²) >= 11 is 14.0. The molecule has 4 nitrogen and oxygen atoms in total. The second-order valence-corrected chi connectivity index (χ2v) is 6.99. The van der Waals surface area contributed by atoms with Gasteiger partial charge in [-0.05, 0) is 13.0 Å². The van der Waals surface area contributed by atoms with Crippen LogP contribution < -0.4 is 0 Å². The molecule has 120 valence electrons. The van der Waals surface area contributed by atoms with E-state index in [1.807, 2.05) is 31.2 Å². The average Bonchev–Trinajstić information content (AvgIpc) is 3.08. The summed E-state index contributed by atoms with van der Waals surface area (Å²) in [7, 11) is 1.74. The molecule has 0 aliphatic rings. The third kappa shape index (κ3) is 2.96. The van der Waals surface area contributed by atoms with E-state index in [0.29, 0.717) is 28.0 Å². The highest BCUT2D eigenvalue weighted by atomic mass is 35.5. The van der Waals surface area contributed by atoms with Gasteiger partial charge in [-0.3, -0.25) is 9.48 Å². The van der Waals surface area contributed by atoms with Gasteiger partial charge in [-0.25, -0.2) is 0 Å². The Labute approximate surface area is 148 Å². The molecular formula is C16H15Cl2N3OS. The number of hydrogen-bond acceptors (Lipinski definition) is 3. The molecule has 0 aliphatic heterocycles. The number of aromatic nitrogens is 2. The molecule has 0 atom stereocenters. The van der Waals surface area contributed by atoms with Crippen molar-refractivity contribution >= 4 is 50.5 Å². The minimum atomic E-state index is -0.115. The van der Waals surface area contributed by atoms with Crippen molar-refractivity contribution in [3.05, 3.63) is 51.1 Å². The molecular weight excluding hydrogens is 353 g/mol. The summed E-state index contributed by atoms with van der Waals surface area (Å²) in [6, 6.07) is 7.74. The molecule has 7 heteroatoms. The van der Waals surface area contributed by atoms with Crippen molar-refractivity contribution in [1.29, 1.82) is 0 Å². The first kappa shape index (κ1) is 16.3. The van der Waals surface area contributed by atoms with E-state index in [1.54, 1.807) is 22.8 Å². The first-order chi connectivity index (χ1) is 11.0. The van der Waals surface area contributed by atoms with E-state index in [0.717, 1.165) is 15.8 Å². The highest BCUT2D eigenvalue weighted by Crippen LogP contribution is 2.36. The third-order valence-corrected chi connectivity index (χ3v) is 5.64. The SMILES string of the molecule is CCn1ncc(Cl)c1CN(C)C(=O)c1sc2ccccc2c1Cl. The van der Waals surface area contributed by atoms with Crippen LogP contribution in [0.2, 0.25) is 10.0 Å². The number of fused-ring (bicyclic) bond motifs is 1. The molecule has 0 spiro atoms. The summed E-state index contributed by atoms with van der Waals surface area (Å²) < 4.78 is 2.80. The van der Waals surface area contributed by atoms with Gasteiger partial charge < -0.3 is 4.90 Å². The molecule has 0 bridgehead atoms. The van der Waals surface area contributed by atoms with Crippen LogP contribution in [-0.4, -0.2) is 27.6 Å². The highest BCUT2D eigenvalue weighted by molar-refractivity contribution is 7.21. The van der Waals surface area contributed by atoms with Crippen molar-refractivity contribution in [2.75, 3.05) is 7.05 Å². The fourth-order valence-corrected chi connectivity index (χ4v) is 4.15. The molecule has 0 aliphatic carbocycles. The van der Waals surface area contributed by atoms with E-state index < -0.39 is 0 Å². The Kier molecular flexibility index (Phi) is 4.62. The third-order valence-electron chi connectivity index (χ3n) is 3.66. The standard InChI is InChI=1S/C16H15Cl2N3OS/c1-3-21-12(11(17)8-19-21)9-20(2)16(22)15-14(18)10-6-4-5-7-13(10)23-15/h4-8H,3,9H2,1-2H3. The van der Waals surface area contributed by atoms with E-state index in [1.165, 1.54) is 11.3 Å². The molecule has 0 fully saturated rings. The predicted octanol–water partition coefficient (Wildman–Crippen LogP) is 4.70. The Morgan fingerprint density at radius 2 is 2.09 bits per heavy atom. The topological polar surface area (TPSA) is 38.1 Å². The molecule has 0 saturated carbocycles. The quantitative estimate of drug-likeness (QED) is 0.670. The second-order valence-electron chi connectivity index (χ2n) is 5.16. The molecule has 23 heavy (non-hydrogen) atoms. The number of nitrogens with zero attached hydrogens (tertiary/aromatic N) is 3. The van der Waals surface area contributed by atoms with Crippen LogP contribution in [0.15, 0.2) is 30.5 Å². The molecule has 0 unspecified atom stereocenters. The van der Waals surface area contributed by atoms with Crippen LogP contribution in [0.1, 0.15) is 22.3 Å². The van der Waals surface area contributed by atoms with Gasteiger partial charge in [0.25, 0.3) is 5.91 Å². The van der Waals surface area contributed by atoms with Crippen molar-refractivity contribution in [2.45, 2.75) is 20.0 Å². The Morgan fingerprint density at radius 1 is 1.35 bits per heavy atom. The summed E-state index contributed by atoms with van der Waals surface area (Å²) in [6.45, 7) is 3.07. The minimum absolute atomic E-state index is 0.115. The molecule has 3 rings (SSSR count). The van der Waals surface area contributed by atoms with E-state index in [4.69, 9.17) is 23.2 Å². The highest BCUT2D eigenvalue weighted by Gasteiger charge is 2.22. The number of thiophene rings is 1. The first-order valence-electron chi connectivity index (χ1n) is 7.15. The summed E-state index contributed by atoms with van der Waals surface area (Å²) in [5, 5.41) is 6.18. The van der Waals surface area contributed by atoms with E-state index in [9.17, 15) is 4.79 Å². The Balaban J connectivity index is 1.89. The molecule has 1 amide bonds. The number of aryl methyl sites for hydroxylation is 1. The van der Waals surface area contributed by atoms with Crippen molar-refractivity contribution in [2.24, 2.45) is 0 Å². The largest absolute Gasteiger partial charge is 0.335 e. The number of halogens is 2. The number of amides is 1. The van der Waals surface area contributed by atoms with Gasteiger partial charge in [0.1, 0.15) is 4.88 Å². The van der Waals surface area contributed by atoms with Gasteiger partial charge in [0.2, 0.25) is 0 Å². The normalized spacial score (nSPS) is 11.1. The number of carbonyl (C=O) groups excluding carboxylic acids is 1. The summed E-state index contributed by atoms with van der Waals surface area (Å²) in [6.07, 6.45) is 1.60. The van der Waals surface area contributed by atoms with Crippen LogP contribution in [0.25, 0.3) is 10.1 Å². The fourth-order valence-electron chi connectivity index (χ4n) is 2.44. The Morgan fingerprint density at radius 3 is 2.78 bits per heavy atom. The van der Waals surface area contributed by atoms with Crippen molar-refractivity contribution in [3.63, 3.8) is 0 Å². The Bertz CT molecular complexity index is 871. The van der Waals surface area contributed by atoms with Gasteiger partial charge in [-0.2, -0.15) is 5.10 Å². The molecule has 0 saturated heterocycles. The van der Waals surface area contributed by atoms with Gasteiger partial charge in [-0.15, -0.1) is 11.3 Å². The number of carbonyl (C=O) groups is 1. The lowest BCUT2D eigenvalue weighted by atomic mass is 10.2. The maximum atomic E-state index is 12.8. The predicted molar refractivity (Wildman–Crippen MR) is 95.5 cm³/mol. The molecule has 3 aromatic rings. The smallest absolute Gasteiger partial charge is 0.265 e. The zero-order chi connectivity index (χ0) is 16.6. The van der Waals surface area contributed by atoms with Crippen molar-refractivity contribution < 1.29 is 4.79 Å². The fraction of sp³-hybridized carbons (Fsp3) is 0.250. The van der Waals surface area contributed by atoms with Gasteiger partial charge in [0.05, 0.1) is 28.5 Å². The summed E-state index contributed by atoms with van der Waals surface area (Å²) in [4.78, 5) is 14.9. The maximum Gasteiger partial charge on any atom is 0.265 e. The van der Waals surface area contributed by atoms with E-state index in [2.05, 4.69) is 5.10 Å². The van der Waals surface area contributed by atoms with Crippen LogP contribution in [0.5, 0.6) is 0 Å². The van der Waals surface area contributed by atoms with E-state index >= 15 is 0 Å². The van der Waals surface area contributed by atoms with Gasteiger partial charge in [0.15, 0.2) is 0 Å². The average molecular weight is 368 g/mol. The lowest BCUT2D eigenvalue weighted by Gasteiger charge is -2.17. The lowest BCUT2D eigenvalue weighted by Crippen LogP contribution is -2.27. The maximum absolute atomic E-state index is 12.8. The van der Waals surface area contributed by atoms with Crippen LogP contribution >= 0.6 is 34.5 Å². The van der Waals surface area contributed by atoms with E-state index in [-0.39, 0.29) is 5.91 Å². The van der Waals surface area contributed by atoms with Crippen LogP contribution in [0, 0.1) is 0 Å². The minimum Gasteiger partial charge on any atom is -0.335 e. The van der Waals surface area contributed by atoms with Gasteiger partial charge >= 0.3 is 0 Å². The van der Waals surface area contributed by atoms with Crippen LogP contribution in [0.4, 0.5) is 0 Å². The lowest BCUT2D eigenvalue weighted by molar-refractivity contribution is 0.0786. The second kappa shape index (κ2) is 6.51. The number of benzene rings is 1. The van der Waals surface area contributed by atoms with Crippen molar-refractivity contribution in [1.82, 2.24) is 14.7 Å². The van der Waals surface area contributed by atoms with Crippen molar-refractivity contribution in [3.8, 4) is 0 Å².